The summed E-state index contributed by atoms with van der Waals surface area (Å²) in [5.41, 5.74) is 5.93. The Kier molecular flexibility index (Phi) is 33.7. The topological polar surface area (TPSA) is 349 Å². The largest absolute Gasteiger partial charge is 0.493 e. The second-order valence-electron chi connectivity index (χ2n) is 28.3. The minimum Gasteiger partial charge on any atom is -0.493 e. The van der Waals surface area contributed by atoms with Gasteiger partial charge >= 0.3 is 0 Å². The molecule has 10 rings (SSSR count). The predicted molar refractivity (Wildman–Crippen MR) is 431 cm³/mol. The lowest BCUT2D eigenvalue weighted by Crippen LogP contribution is -2.53. The summed E-state index contributed by atoms with van der Waals surface area (Å²) >= 11 is 0. The first-order valence-electron chi connectivity index (χ1n) is 39.2. The van der Waals surface area contributed by atoms with Gasteiger partial charge in [0.25, 0.3) is 23.6 Å². The van der Waals surface area contributed by atoms with Crippen LogP contribution in [-0.4, -0.2) is 289 Å². The fourth-order valence-electron chi connectivity index (χ4n) is 13.2. The Hall–Kier alpha value is -10.3. The van der Waals surface area contributed by atoms with E-state index in [-0.39, 0.29) is 68.2 Å². The van der Waals surface area contributed by atoms with Crippen molar-refractivity contribution in [3.63, 3.8) is 0 Å². The summed E-state index contributed by atoms with van der Waals surface area (Å²) in [7, 11) is 5.21. The van der Waals surface area contributed by atoms with Gasteiger partial charge in [0.1, 0.15) is 12.1 Å². The number of benzene rings is 4. The van der Waals surface area contributed by atoms with Gasteiger partial charge in [-0.15, -0.1) is 0 Å². The number of fused-ring (bicyclic) bond motifs is 4. The van der Waals surface area contributed by atoms with Gasteiger partial charge in [0, 0.05) is 119 Å². The molecule has 4 aromatic carbocycles. The quantitative estimate of drug-likeness (QED) is 0.0206. The Bertz CT molecular complexity index is 4130. The highest BCUT2D eigenvalue weighted by atomic mass is 16.6. The fourth-order valence-corrected chi connectivity index (χ4v) is 13.2. The number of hydrogen-bond acceptors (Lipinski definition) is 25. The molecule has 32 heteroatoms. The van der Waals surface area contributed by atoms with Crippen LogP contribution in [0.2, 0.25) is 0 Å². The molecular formula is C83H108N12O20. The third-order valence-electron chi connectivity index (χ3n) is 19.8. The molecule has 4 N–H and O–H groups in total. The van der Waals surface area contributed by atoms with E-state index < -0.39 is 41.4 Å². The molecule has 620 valence electrons. The molecule has 4 aromatic rings. The number of unbranched alkanes of at least 4 members (excludes halogenated alkanes) is 2. The number of methoxy groups -OCH3 is 2. The average Bonchev–Trinajstić information content (AvgIpc) is 1.59. The summed E-state index contributed by atoms with van der Waals surface area (Å²) < 4.78 is 68.1. The number of likely N-dealkylation sites (N-methyl/N-ethyl adjacent to an activating group) is 1. The molecule has 0 spiro atoms. The number of piperazine rings is 1. The number of hydrogen-bond donors (Lipinski definition) is 4. The molecule has 0 unspecified atom stereocenters. The molecule has 0 bridgehead atoms. The molecule has 8 amide bonds. The van der Waals surface area contributed by atoms with Crippen LogP contribution in [0.1, 0.15) is 97.6 Å². The van der Waals surface area contributed by atoms with Crippen molar-refractivity contribution in [2.24, 2.45) is 20.9 Å². The third-order valence-corrected chi connectivity index (χ3v) is 19.8. The SMILES string of the molecule is C=N[C@]12C=Nc3cc(OCCCCCOc4cc5c(cc4OC)C(=O)N4C=C(c6ccc(NC(=O)[C@H](C)NC(=O)[C@@H](NC(=O)CCOCCOCCOCCOCCOCCOCCOCCOCCNC(=O)CCN7C(=O)C=CC7=O)C(C)C)cc6)C[C@H]4C=N5)c(OC)cc3C(=O)N1C=C(c1ccc(N3CCN(C)CC3)cc1)C2. The highest BCUT2D eigenvalue weighted by Crippen LogP contribution is 2.45. The van der Waals surface area contributed by atoms with E-state index in [4.69, 9.17) is 66.8 Å². The van der Waals surface area contributed by atoms with Crippen LogP contribution in [0.5, 0.6) is 23.0 Å². The molecular weight excluding hydrogens is 1480 g/mol. The molecule has 6 aliphatic heterocycles. The van der Waals surface area contributed by atoms with Crippen LogP contribution in [0, 0.1) is 5.92 Å². The van der Waals surface area contributed by atoms with Gasteiger partial charge in [-0.3, -0.25) is 63.1 Å². The summed E-state index contributed by atoms with van der Waals surface area (Å²) in [5.74, 6) is -1.52. The van der Waals surface area contributed by atoms with Crippen molar-refractivity contribution in [3.8, 4) is 23.0 Å². The maximum Gasteiger partial charge on any atom is 0.262 e. The maximum absolute atomic E-state index is 14.3. The van der Waals surface area contributed by atoms with E-state index in [2.05, 4.69) is 74.1 Å². The van der Waals surface area contributed by atoms with Crippen molar-refractivity contribution in [2.75, 3.05) is 190 Å². The third kappa shape index (κ3) is 25.1. The molecule has 4 atom stereocenters. The van der Waals surface area contributed by atoms with Crippen LogP contribution in [0.3, 0.4) is 0 Å². The zero-order valence-corrected chi connectivity index (χ0v) is 66.6. The van der Waals surface area contributed by atoms with Crippen LogP contribution in [-0.2, 0) is 66.7 Å². The van der Waals surface area contributed by atoms with Crippen LogP contribution in [0.25, 0.3) is 11.1 Å². The number of nitrogens with zero attached hydrogens (tertiary/aromatic N) is 8. The fraction of sp³-hybridized carbons (Fsp3) is 0.506. The molecule has 0 saturated carbocycles. The van der Waals surface area contributed by atoms with Gasteiger partial charge in [0.15, 0.2) is 28.7 Å². The van der Waals surface area contributed by atoms with E-state index in [0.29, 0.717) is 189 Å². The summed E-state index contributed by atoms with van der Waals surface area (Å²) in [6.45, 7) is 19.7. The number of aliphatic imine (C=N–C) groups is 3. The second-order valence-corrected chi connectivity index (χ2v) is 28.3. The first-order chi connectivity index (χ1) is 55.8. The molecule has 1 fully saturated rings. The average molecular weight is 1590 g/mol. The first-order valence-corrected chi connectivity index (χ1v) is 39.2. The number of rotatable bonds is 50. The Morgan fingerprint density at radius 1 is 0.565 bits per heavy atom. The normalized spacial score (nSPS) is 17.5. The van der Waals surface area contributed by atoms with Gasteiger partial charge in [-0.25, -0.2) is 0 Å². The van der Waals surface area contributed by atoms with Gasteiger partial charge in [0.2, 0.25) is 23.6 Å². The number of carbonyl (C=O) groups is 8. The van der Waals surface area contributed by atoms with Gasteiger partial charge in [0.05, 0.1) is 168 Å². The van der Waals surface area contributed by atoms with E-state index in [1.807, 2.05) is 24.5 Å². The summed E-state index contributed by atoms with van der Waals surface area (Å²) in [5, 5.41) is 11.0. The van der Waals surface area contributed by atoms with E-state index in [0.717, 1.165) is 59.8 Å². The number of nitrogens with one attached hydrogen (secondary N) is 4. The smallest absolute Gasteiger partial charge is 0.262 e. The first kappa shape index (κ1) is 87.1. The Labute approximate surface area is 670 Å². The Balaban J connectivity index is 0.542. The molecule has 32 nitrogen and oxygen atoms in total. The van der Waals surface area contributed by atoms with Gasteiger partial charge in [-0.05, 0) is 105 Å². The van der Waals surface area contributed by atoms with Crippen molar-refractivity contribution in [1.82, 2.24) is 35.6 Å². The highest BCUT2D eigenvalue weighted by Gasteiger charge is 2.45. The summed E-state index contributed by atoms with van der Waals surface area (Å²) in [4.78, 5) is 126. The monoisotopic (exact) mass is 1590 g/mol. The van der Waals surface area contributed by atoms with E-state index in [1.54, 1.807) is 86.5 Å². The molecule has 115 heavy (non-hydrogen) atoms. The van der Waals surface area contributed by atoms with Crippen molar-refractivity contribution in [2.45, 2.75) is 89.5 Å². The zero-order chi connectivity index (χ0) is 81.5. The maximum atomic E-state index is 14.3. The lowest BCUT2D eigenvalue weighted by Gasteiger charge is -2.34. The minimum absolute atomic E-state index is 0.0120. The summed E-state index contributed by atoms with van der Waals surface area (Å²) in [6, 6.07) is 20.3. The van der Waals surface area contributed by atoms with Gasteiger partial charge in [-0.2, -0.15) is 0 Å². The van der Waals surface area contributed by atoms with Crippen molar-refractivity contribution in [1.29, 1.82) is 0 Å². The number of carbonyl (C=O) groups excluding carboxylic acids is 8. The van der Waals surface area contributed by atoms with Crippen molar-refractivity contribution >= 4 is 100 Å². The summed E-state index contributed by atoms with van der Waals surface area (Å²) in [6.07, 6.45) is 12.6. The van der Waals surface area contributed by atoms with Crippen LogP contribution < -0.4 is 45.1 Å². The number of ether oxygens (including phenoxy) is 12. The standard InChI is InChI=1S/C83H108N12O20/c1-57(2)78(90-75(97)22-31-106-33-35-108-37-39-110-41-43-112-45-46-113-44-42-111-40-38-109-36-34-107-32-23-85-74(96)21-24-93-76(98)19-20-77(93)99)80(101)88-58(3)79(100)89-63-15-11-59(12-16-63)61-47-65-53-86-68-50-72(70(104-6)48-66(68)81(102)94(65)54-61)114-29-9-8-10-30-115-73-51-69-67(49-71(73)105-7)82(103)95-55-62(52-83(95,84-4)56-87-69)60-13-17-64(18-14-60)92-27-25-91(5)26-28-92/h11-20,48-51,53-58,65,78H,4,8-10,21-47,52H2,1-3,5-7H3,(H,85,96)(H,88,101)(H,89,100)(H,90,97)/t58-,65-,78-,83-/m0/s1. The van der Waals surface area contributed by atoms with Crippen LogP contribution in [0.15, 0.2) is 112 Å². The number of anilines is 2. The van der Waals surface area contributed by atoms with Gasteiger partial charge < -0.3 is 92.8 Å². The Morgan fingerprint density at radius 2 is 1.09 bits per heavy atom. The molecule has 0 radical (unpaired) electrons. The van der Waals surface area contributed by atoms with Crippen molar-refractivity contribution < 1.29 is 95.2 Å². The van der Waals surface area contributed by atoms with E-state index in [1.165, 1.54) is 24.9 Å². The molecule has 0 aromatic heterocycles. The minimum atomic E-state index is -1.09. The molecule has 6 aliphatic rings. The molecule has 1 saturated heterocycles. The predicted octanol–water partition coefficient (Wildman–Crippen LogP) is 6.59. The second kappa shape index (κ2) is 44.6. The Morgan fingerprint density at radius 3 is 1.63 bits per heavy atom. The van der Waals surface area contributed by atoms with E-state index >= 15 is 0 Å². The van der Waals surface area contributed by atoms with Crippen LogP contribution in [0.4, 0.5) is 22.7 Å². The lowest BCUT2D eigenvalue weighted by atomic mass is 9.99. The van der Waals surface area contributed by atoms with Crippen molar-refractivity contribution in [3.05, 3.63) is 120 Å². The lowest BCUT2D eigenvalue weighted by molar-refractivity contribution is -0.137. The van der Waals surface area contributed by atoms with Gasteiger partial charge in [-0.1, -0.05) is 38.1 Å². The molecule has 0 aliphatic carbocycles. The number of imide groups is 1. The van der Waals surface area contributed by atoms with Crippen LogP contribution >= 0.6 is 0 Å². The zero-order valence-electron chi connectivity index (χ0n) is 66.6. The van der Waals surface area contributed by atoms with E-state index in [9.17, 15) is 38.4 Å². The number of amides is 8. The highest BCUT2D eigenvalue weighted by molar-refractivity contribution is 6.13. The molecule has 6 heterocycles.